The van der Waals surface area contributed by atoms with E-state index < -0.39 is 0 Å². The molecule has 0 bridgehead atoms. The molecule has 0 aliphatic heterocycles. The number of halogens is 1. The van der Waals surface area contributed by atoms with Gasteiger partial charge in [-0.1, -0.05) is 24.3 Å². The summed E-state index contributed by atoms with van der Waals surface area (Å²) in [6.07, 6.45) is 1.77. The summed E-state index contributed by atoms with van der Waals surface area (Å²) in [5, 5.41) is 4.98. The highest BCUT2D eigenvalue weighted by Gasteiger charge is 2.11. The molecule has 5 heteroatoms. The van der Waals surface area contributed by atoms with Crippen molar-refractivity contribution in [1.82, 2.24) is 10.3 Å². The van der Waals surface area contributed by atoms with Crippen molar-refractivity contribution in [3.05, 3.63) is 75.7 Å². The summed E-state index contributed by atoms with van der Waals surface area (Å²) in [6.45, 7) is 0.446. The average molecular weight is 373 g/mol. The van der Waals surface area contributed by atoms with E-state index >= 15 is 0 Å². The Hall–Kier alpha value is -1.98. The molecule has 3 rings (SSSR count). The molecule has 2 aromatic heterocycles. The molecule has 110 valence electrons. The van der Waals surface area contributed by atoms with Gasteiger partial charge >= 0.3 is 0 Å². The number of benzene rings is 1. The third-order valence-corrected chi connectivity index (χ3v) is 4.77. The van der Waals surface area contributed by atoms with Crippen LogP contribution in [-0.2, 0) is 6.54 Å². The second-order valence-corrected chi connectivity index (χ2v) is 6.45. The second kappa shape index (κ2) is 6.85. The maximum absolute atomic E-state index is 12.3. The molecule has 0 aliphatic rings. The van der Waals surface area contributed by atoms with Gasteiger partial charge in [-0.3, -0.25) is 9.78 Å². The highest BCUT2D eigenvalue weighted by Crippen LogP contribution is 2.25. The SMILES string of the molecule is O=C(NCc1cccnc1-c1cccs1)c1ccccc1Br. The minimum absolute atomic E-state index is 0.103. The minimum atomic E-state index is -0.103. The van der Waals surface area contributed by atoms with E-state index in [-0.39, 0.29) is 5.91 Å². The normalized spacial score (nSPS) is 10.4. The Morgan fingerprint density at radius 3 is 2.77 bits per heavy atom. The number of hydrogen-bond acceptors (Lipinski definition) is 3. The number of carbonyl (C=O) groups excluding carboxylic acids is 1. The average Bonchev–Trinajstić information content (AvgIpc) is 3.07. The maximum Gasteiger partial charge on any atom is 0.252 e. The first kappa shape index (κ1) is 14.9. The van der Waals surface area contributed by atoms with Crippen LogP contribution in [0.2, 0.25) is 0 Å². The van der Waals surface area contributed by atoms with Crippen LogP contribution >= 0.6 is 27.3 Å². The fourth-order valence-electron chi connectivity index (χ4n) is 2.13. The first-order chi connectivity index (χ1) is 10.8. The molecule has 1 N–H and O–H groups in total. The van der Waals surface area contributed by atoms with E-state index in [1.54, 1.807) is 23.6 Å². The number of rotatable bonds is 4. The molecule has 0 atom stereocenters. The van der Waals surface area contributed by atoms with Gasteiger partial charge in [0.1, 0.15) is 0 Å². The summed E-state index contributed by atoms with van der Waals surface area (Å²) in [6, 6.07) is 15.3. The van der Waals surface area contributed by atoms with Crippen LogP contribution in [0.25, 0.3) is 10.6 Å². The molecule has 3 nitrogen and oxygen atoms in total. The predicted molar refractivity (Wildman–Crippen MR) is 92.9 cm³/mol. The molecular weight excluding hydrogens is 360 g/mol. The first-order valence-electron chi connectivity index (χ1n) is 6.76. The molecule has 0 radical (unpaired) electrons. The number of hydrogen-bond donors (Lipinski definition) is 1. The smallest absolute Gasteiger partial charge is 0.252 e. The zero-order valence-electron chi connectivity index (χ0n) is 11.6. The Morgan fingerprint density at radius 1 is 1.14 bits per heavy atom. The summed E-state index contributed by atoms with van der Waals surface area (Å²) in [4.78, 5) is 17.8. The molecule has 1 amide bonds. The fraction of sp³-hybridized carbons (Fsp3) is 0.0588. The van der Waals surface area contributed by atoms with Gasteiger partial charge in [0.15, 0.2) is 0 Å². The van der Waals surface area contributed by atoms with Gasteiger partial charge in [-0.2, -0.15) is 0 Å². The zero-order chi connectivity index (χ0) is 15.4. The van der Waals surface area contributed by atoms with Gasteiger partial charge in [-0.25, -0.2) is 0 Å². The lowest BCUT2D eigenvalue weighted by Gasteiger charge is -2.09. The van der Waals surface area contributed by atoms with Crippen molar-refractivity contribution in [3.8, 4) is 10.6 Å². The van der Waals surface area contributed by atoms with Crippen LogP contribution in [0.15, 0.2) is 64.6 Å². The quantitative estimate of drug-likeness (QED) is 0.732. The Morgan fingerprint density at radius 2 is 2.00 bits per heavy atom. The van der Waals surface area contributed by atoms with Crippen LogP contribution in [0.5, 0.6) is 0 Å². The van der Waals surface area contributed by atoms with Gasteiger partial charge < -0.3 is 5.32 Å². The second-order valence-electron chi connectivity index (χ2n) is 4.65. The highest BCUT2D eigenvalue weighted by molar-refractivity contribution is 9.10. The lowest BCUT2D eigenvalue weighted by atomic mass is 10.1. The Labute approximate surface area is 141 Å². The van der Waals surface area contributed by atoms with Crippen LogP contribution in [0.4, 0.5) is 0 Å². The first-order valence-corrected chi connectivity index (χ1v) is 8.43. The standard InChI is InChI=1S/C17H13BrN2OS/c18-14-7-2-1-6-13(14)17(21)20-11-12-5-3-9-19-16(12)15-8-4-10-22-15/h1-10H,11H2,(H,20,21). The number of aromatic nitrogens is 1. The Balaban J connectivity index is 1.78. The summed E-state index contributed by atoms with van der Waals surface area (Å²) >= 11 is 5.04. The number of nitrogens with zero attached hydrogens (tertiary/aromatic N) is 1. The highest BCUT2D eigenvalue weighted by atomic mass is 79.9. The van der Waals surface area contributed by atoms with Gasteiger partial charge in [-0.05, 0) is 51.1 Å². The summed E-state index contributed by atoms with van der Waals surface area (Å²) in [5.41, 5.74) is 2.55. The van der Waals surface area contributed by atoms with Crippen molar-refractivity contribution in [2.75, 3.05) is 0 Å². The van der Waals surface area contributed by atoms with Crippen molar-refractivity contribution < 1.29 is 4.79 Å². The molecule has 22 heavy (non-hydrogen) atoms. The van der Waals surface area contributed by atoms with E-state index in [0.717, 1.165) is 20.6 Å². The summed E-state index contributed by atoms with van der Waals surface area (Å²) in [7, 11) is 0. The van der Waals surface area contributed by atoms with E-state index in [1.807, 2.05) is 47.8 Å². The van der Waals surface area contributed by atoms with Crippen LogP contribution < -0.4 is 5.32 Å². The number of pyridine rings is 1. The summed E-state index contributed by atoms with van der Waals surface area (Å²) in [5.74, 6) is -0.103. The molecule has 0 saturated carbocycles. The molecule has 0 aliphatic carbocycles. The summed E-state index contributed by atoms with van der Waals surface area (Å²) < 4.78 is 0.789. The maximum atomic E-state index is 12.3. The van der Waals surface area contributed by atoms with Crippen molar-refractivity contribution >= 4 is 33.2 Å². The lowest BCUT2D eigenvalue weighted by molar-refractivity contribution is 0.0950. The van der Waals surface area contributed by atoms with Crippen molar-refractivity contribution in [2.45, 2.75) is 6.54 Å². The number of thiophene rings is 1. The van der Waals surface area contributed by atoms with Gasteiger partial charge in [0.2, 0.25) is 0 Å². The molecule has 0 spiro atoms. The fourth-order valence-corrected chi connectivity index (χ4v) is 3.35. The van der Waals surface area contributed by atoms with Gasteiger partial charge in [-0.15, -0.1) is 11.3 Å². The zero-order valence-corrected chi connectivity index (χ0v) is 14.0. The number of carbonyl (C=O) groups is 1. The Bertz CT molecular complexity index is 787. The third kappa shape index (κ3) is 3.26. The topological polar surface area (TPSA) is 42.0 Å². The van der Waals surface area contributed by atoms with Crippen molar-refractivity contribution in [1.29, 1.82) is 0 Å². The Kier molecular flexibility index (Phi) is 4.65. The van der Waals surface area contributed by atoms with Gasteiger partial charge in [0.25, 0.3) is 5.91 Å². The van der Waals surface area contributed by atoms with Gasteiger partial charge in [0, 0.05) is 17.2 Å². The molecular formula is C17H13BrN2OS. The van der Waals surface area contributed by atoms with E-state index in [2.05, 4.69) is 26.2 Å². The van der Waals surface area contributed by atoms with Crippen LogP contribution in [0.1, 0.15) is 15.9 Å². The van der Waals surface area contributed by atoms with Crippen molar-refractivity contribution in [3.63, 3.8) is 0 Å². The van der Waals surface area contributed by atoms with E-state index in [0.29, 0.717) is 12.1 Å². The number of nitrogens with one attached hydrogen (secondary N) is 1. The molecule has 1 aromatic carbocycles. The molecule has 2 heterocycles. The molecule has 0 saturated heterocycles. The van der Waals surface area contributed by atoms with Gasteiger partial charge in [0.05, 0.1) is 16.1 Å². The van der Waals surface area contributed by atoms with E-state index in [1.165, 1.54) is 0 Å². The van der Waals surface area contributed by atoms with Crippen molar-refractivity contribution in [2.24, 2.45) is 0 Å². The monoisotopic (exact) mass is 372 g/mol. The van der Waals surface area contributed by atoms with Crippen LogP contribution in [0, 0.1) is 0 Å². The third-order valence-electron chi connectivity index (χ3n) is 3.20. The molecule has 3 aromatic rings. The van der Waals surface area contributed by atoms with Crippen LogP contribution in [-0.4, -0.2) is 10.9 Å². The number of amides is 1. The predicted octanol–water partition coefficient (Wildman–Crippen LogP) is 4.50. The van der Waals surface area contributed by atoms with E-state index in [4.69, 9.17) is 0 Å². The largest absolute Gasteiger partial charge is 0.348 e. The molecule has 0 unspecified atom stereocenters. The molecule has 0 fully saturated rings. The van der Waals surface area contributed by atoms with E-state index in [9.17, 15) is 4.79 Å². The lowest BCUT2D eigenvalue weighted by Crippen LogP contribution is -2.23. The van der Waals surface area contributed by atoms with Crippen LogP contribution in [0.3, 0.4) is 0 Å². The minimum Gasteiger partial charge on any atom is -0.348 e.